The van der Waals surface area contributed by atoms with E-state index in [4.69, 9.17) is 28.1 Å². The first kappa shape index (κ1) is 38.5. The molecule has 10 atom stereocenters. The second-order valence-electron chi connectivity index (χ2n) is 14.8. The molecule has 268 valence electrons. The molecule has 0 aromatic heterocycles. The second kappa shape index (κ2) is 16.3. The molecule has 1 unspecified atom stereocenters. The van der Waals surface area contributed by atoms with Crippen molar-refractivity contribution in [1.29, 1.82) is 0 Å². The van der Waals surface area contributed by atoms with Crippen molar-refractivity contribution >= 4 is 31.8 Å². The third kappa shape index (κ3) is 9.03. The van der Waals surface area contributed by atoms with Crippen molar-refractivity contribution in [3.63, 3.8) is 0 Å². The monoisotopic (exact) mass is 726 g/mol. The van der Waals surface area contributed by atoms with Gasteiger partial charge in [0.15, 0.2) is 20.9 Å². The van der Waals surface area contributed by atoms with Gasteiger partial charge in [0.2, 0.25) is 0 Å². The average molecular weight is 727 g/mol. The van der Waals surface area contributed by atoms with Gasteiger partial charge in [0.1, 0.15) is 17.8 Å². The Bertz CT molecular complexity index is 1440. The molecule has 0 bridgehead atoms. The molecular formula is C39H54O7S2Si. The molecule has 10 heteroatoms. The van der Waals surface area contributed by atoms with E-state index in [0.29, 0.717) is 6.61 Å². The summed E-state index contributed by atoms with van der Waals surface area (Å²) >= 11 is 3.24. The summed E-state index contributed by atoms with van der Waals surface area (Å²) in [7, 11) is -0.455. The van der Waals surface area contributed by atoms with Gasteiger partial charge < -0.3 is 33.2 Å². The largest absolute Gasteiger partial charge is 0.409 e. The Labute approximate surface area is 302 Å². The Balaban J connectivity index is 1.51. The highest BCUT2D eigenvalue weighted by molar-refractivity contribution is 8.00. The molecule has 3 aromatic rings. The van der Waals surface area contributed by atoms with E-state index < -0.39 is 44.0 Å². The third-order valence-electron chi connectivity index (χ3n) is 10.1. The van der Waals surface area contributed by atoms with Crippen LogP contribution in [-0.2, 0) is 34.7 Å². The van der Waals surface area contributed by atoms with Crippen molar-refractivity contribution in [3.05, 3.63) is 96.6 Å². The molecule has 0 saturated carbocycles. The average Bonchev–Trinajstić information content (AvgIpc) is 3.07. The van der Waals surface area contributed by atoms with E-state index >= 15 is 0 Å². The van der Waals surface area contributed by atoms with E-state index in [1.807, 2.05) is 87.5 Å². The number of thioether (sulfide) groups is 2. The summed E-state index contributed by atoms with van der Waals surface area (Å²) in [5.74, 6) is 0. The lowest BCUT2D eigenvalue weighted by Gasteiger charge is -2.54. The Morgan fingerprint density at radius 1 is 0.776 bits per heavy atom. The molecule has 7 nitrogen and oxygen atoms in total. The van der Waals surface area contributed by atoms with Crippen LogP contribution in [-0.4, -0.2) is 79.7 Å². The van der Waals surface area contributed by atoms with Gasteiger partial charge in [0.25, 0.3) is 0 Å². The molecule has 2 heterocycles. The zero-order chi connectivity index (χ0) is 35.4. The Kier molecular flexibility index (Phi) is 12.8. The minimum Gasteiger partial charge on any atom is -0.409 e. The van der Waals surface area contributed by atoms with Crippen LogP contribution >= 0.6 is 23.5 Å². The fraction of sp³-hybridized carbons (Fsp3) is 0.538. The lowest BCUT2D eigenvalue weighted by molar-refractivity contribution is -0.331. The van der Waals surface area contributed by atoms with Gasteiger partial charge in [-0.3, -0.25) is 0 Å². The minimum absolute atomic E-state index is 0.00684. The number of benzene rings is 3. The summed E-state index contributed by atoms with van der Waals surface area (Å²) in [6.07, 6.45) is -3.96. The first-order valence-electron chi connectivity index (χ1n) is 17.2. The van der Waals surface area contributed by atoms with Crippen LogP contribution in [0.25, 0.3) is 0 Å². The molecular weight excluding hydrogens is 673 g/mol. The van der Waals surface area contributed by atoms with Gasteiger partial charge in [-0.25, -0.2) is 0 Å². The lowest BCUT2D eigenvalue weighted by Crippen LogP contribution is -2.68. The molecule has 0 spiro atoms. The fourth-order valence-corrected chi connectivity index (χ4v) is 10.1. The zero-order valence-electron chi connectivity index (χ0n) is 30.3. The molecule has 0 aliphatic carbocycles. The number of aliphatic hydroxyl groups is 1. The highest BCUT2D eigenvalue weighted by atomic mass is 32.2. The number of methoxy groups -OCH3 is 1. The van der Waals surface area contributed by atoms with Gasteiger partial charge in [-0.15, -0.1) is 23.5 Å². The molecule has 5 rings (SSSR count). The number of ether oxygens (including phenoxy) is 5. The maximum atomic E-state index is 12.0. The van der Waals surface area contributed by atoms with Crippen molar-refractivity contribution in [2.24, 2.45) is 0 Å². The smallest absolute Gasteiger partial charge is 0.192 e. The van der Waals surface area contributed by atoms with E-state index in [1.54, 1.807) is 30.6 Å². The number of hydrogen-bond acceptors (Lipinski definition) is 9. The maximum absolute atomic E-state index is 12.0. The van der Waals surface area contributed by atoms with Crippen LogP contribution in [0.2, 0.25) is 18.1 Å². The first-order chi connectivity index (χ1) is 23.2. The topological polar surface area (TPSA) is 75.6 Å². The van der Waals surface area contributed by atoms with Crippen molar-refractivity contribution in [3.8, 4) is 0 Å². The van der Waals surface area contributed by atoms with Gasteiger partial charge in [-0.2, -0.15) is 0 Å². The fourth-order valence-electron chi connectivity index (χ4n) is 6.14. The maximum Gasteiger partial charge on any atom is 0.192 e. The van der Waals surface area contributed by atoms with Crippen LogP contribution in [0.15, 0.2) is 101 Å². The standard InChI is InChI=1S/C39H54O7S2Si/c1-26-31(46-49(8,9)38(3,4)5)32(41-7)33(47-29-21-15-11-16-22-29)36(43-26)45-39(6)34(40)27(2)44-37(42-25-28-19-13-10-14-20-28)35(39)48-30-23-17-12-18-24-30/h10-24,26-27,31-37,40H,25H2,1-9H3/t26-,27+,31-,32+,33-,34+,35-,36?,37+,39-/m1/s1. The van der Waals surface area contributed by atoms with Crippen LogP contribution in [0.3, 0.4) is 0 Å². The van der Waals surface area contributed by atoms with Crippen LogP contribution in [0, 0.1) is 0 Å². The van der Waals surface area contributed by atoms with E-state index in [9.17, 15) is 5.11 Å². The molecule has 2 aliphatic heterocycles. The Morgan fingerprint density at radius 3 is 1.86 bits per heavy atom. The number of aliphatic hydroxyl groups excluding tert-OH is 1. The van der Waals surface area contributed by atoms with Gasteiger partial charge in [-0.1, -0.05) is 87.5 Å². The predicted molar refractivity (Wildman–Crippen MR) is 200 cm³/mol. The van der Waals surface area contributed by atoms with Crippen molar-refractivity contribution in [1.82, 2.24) is 0 Å². The van der Waals surface area contributed by atoms with Crippen molar-refractivity contribution < 1.29 is 33.2 Å². The number of rotatable bonds is 12. The highest BCUT2D eigenvalue weighted by Gasteiger charge is 2.58. The van der Waals surface area contributed by atoms with Crippen LogP contribution in [0.5, 0.6) is 0 Å². The summed E-state index contributed by atoms with van der Waals surface area (Å²) in [6.45, 7) is 17.5. The van der Waals surface area contributed by atoms with Gasteiger partial charge in [-0.05, 0) is 68.7 Å². The minimum atomic E-state index is -2.20. The normalized spacial score (nSPS) is 32.6. The summed E-state index contributed by atoms with van der Waals surface area (Å²) in [4.78, 5) is 2.09. The first-order valence-corrected chi connectivity index (χ1v) is 21.9. The molecule has 49 heavy (non-hydrogen) atoms. The summed E-state index contributed by atoms with van der Waals surface area (Å²) < 4.78 is 40.4. The molecule has 2 aliphatic rings. The van der Waals surface area contributed by atoms with Gasteiger partial charge in [0.05, 0.1) is 35.4 Å². The third-order valence-corrected chi connectivity index (χ3v) is 17.3. The zero-order valence-corrected chi connectivity index (χ0v) is 32.9. The quantitative estimate of drug-likeness (QED) is 0.185. The van der Waals surface area contributed by atoms with E-state index in [-0.39, 0.29) is 28.6 Å². The molecule has 0 amide bonds. The molecule has 2 fully saturated rings. The van der Waals surface area contributed by atoms with Crippen molar-refractivity contribution in [2.75, 3.05) is 7.11 Å². The number of hydrogen-bond donors (Lipinski definition) is 1. The lowest BCUT2D eigenvalue weighted by atomic mass is 9.87. The SMILES string of the molecule is CO[C@H]1[C@H](O[Si](C)(C)C(C)(C)C)[C@@H](C)OC(O[C@@]2(C)[C@H](Sc3ccccc3)[C@@H](OCc3ccccc3)O[C@@H](C)[C@@H]2O)[C@@H]1Sc1ccccc1. The van der Waals surface area contributed by atoms with Crippen LogP contribution < -0.4 is 0 Å². The van der Waals surface area contributed by atoms with Crippen molar-refractivity contribution in [2.45, 2.75) is 135 Å². The predicted octanol–water partition coefficient (Wildman–Crippen LogP) is 8.56. The van der Waals surface area contributed by atoms with Crippen LogP contribution in [0.4, 0.5) is 0 Å². The summed E-state index contributed by atoms with van der Waals surface area (Å²) in [6, 6.07) is 30.4. The summed E-state index contributed by atoms with van der Waals surface area (Å²) in [5, 5.41) is 11.2. The van der Waals surface area contributed by atoms with Gasteiger partial charge in [0, 0.05) is 16.9 Å². The molecule has 3 aromatic carbocycles. The van der Waals surface area contributed by atoms with Crippen LogP contribution in [0.1, 0.15) is 47.1 Å². The highest BCUT2D eigenvalue weighted by Crippen LogP contribution is 2.48. The van der Waals surface area contributed by atoms with E-state index in [0.717, 1.165) is 15.4 Å². The Hall–Kier alpha value is -1.70. The molecule has 0 radical (unpaired) electrons. The summed E-state index contributed by atoms with van der Waals surface area (Å²) in [5.41, 5.74) is -0.111. The molecule has 2 saturated heterocycles. The second-order valence-corrected chi connectivity index (χ2v) is 22.0. The van der Waals surface area contributed by atoms with E-state index in [1.165, 1.54) is 0 Å². The van der Waals surface area contributed by atoms with E-state index in [2.05, 4.69) is 58.1 Å². The Morgan fingerprint density at radius 2 is 1.31 bits per heavy atom. The molecule has 1 N–H and O–H groups in total. The van der Waals surface area contributed by atoms with Gasteiger partial charge >= 0.3 is 0 Å².